The van der Waals surface area contributed by atoms with Gasteiger partial charge in [-0.3, -0.25) is 4.79 Å². The third kappa shape index (κ3) is 4.10. The van der Waals surface area contributed by atoms with Crippen molar-refractivity contribution in [2.45, 2.75) is 58.1 Å². The average molecular weight is 298 g/mol. The molecular weight excluding hydrogens is 278 g/mol. The summed E-state index contributed by atoms with van der Waals surface area (Å²) in [6.07, 6.45) is 3.31. The number of ether oxygens (including phenoxy) is 1. The van der Waals surface area contributed by atoms with Gasteiger partial charge in [0.1, 0.15) is 12.1 Å². The highest BCUT2D eigenvalue weighted by molar-refractivity contribution is 8.11. The minimum absolute atomic E-state index is 0.153. The normalized spacial score (nSPS) is 22.1. The first-order valence-electron chi connectivity index (χ1n) is 6.32. The van der Waals surface area contributed by atoms with Crippen molar-refractivity contribution >= 4 is 25.9 Å². The molecule has 0 aromatic heterocycles. The zero-order valence-electron chi connectivity index (χ0n) is 10.8. The van der Waals surface area contributed by atoms with Gasteiger partial charge in [0, 0.05) is 17.2 Å². The first-order chi connectivity index (χ1) is 8.40. The molecule has 1 atom stereocenters. The maximum absolute atomic E-state index is 12.0. The summed E-state index contributed by atoms with van der Waals surface area (Å²) < 4.78 is 29.2. The third-order valence-electron chi connectivity index (χ3n) is 3.20. The van der Waals surface area contributed by atoms with E-state index in [2.05, 4.69) is 0 Å². The van der Waals surface area contributed by atoms with E-state index in [4.69, 9.17) is 15.4 Å². The highest BCUT2D eigenvalue weighted by Crippen LogP contribution is 2.24. The molecule has 0 amide bonds. The number of piperidine rings is 1. The third-order valence-corrected chi connectivity index (χ3v) is 4.73. The van der Waals surface area contributed by atoms with Crippen molar-refractivity contribution in [3.63, 3.8) is 0 Å². The van der Waals surface area contributed by atoms with Crippen LogP contribution in [0.2, 0.25) is 0 Å². The second-order valence-corrected chi connectivity index (χ2v) is 6.90. The summed E-state index contributed by atoms with van der Waals surface area (Å²) in [5, 5.41) is 0. The van der Waals surface area contributed by atoms with E-state index < -0.39 is 21.2 Å². The predicted octanol–water partition coefficient (Wildman–Crippen LogP) is 2.06. The molecule has 0 aromatic carbocycles. The van der Waals surface area contributed by atoms with Crippen molar-refractivity contribution in [2.24, 2.45) is 0 Å². The molecule has 0 aliphatic carbocycles. The molecule has 0 aromatic rings. The maximum atomic E-state index is 12.0. The van der Waals surface area contributed by atoms with E-state index in [-0.39, 0.29) is 12.6 Å². The Balaban J connectivity index is 2.75. The number of hydrogen-bond acceptors (Lipinski definition) is 4. The number of esters is 1. The summed E-state index contributed by atoms with van der Waals surface area (Å²) in [5.74, 6) is -0.479. The van der Waals surface area contributed by atoms with Gasteiger partial charge in [0.15, 0.2) is 0 Å². The van der Waals surface area contributed by atoms with Crippen molar-refractivity contribution in [1.82, 2.24) is 4.31 Å². The van der Waals surface area contributed by atoms with Gasteiger partial charge in [-0.05, 0) is 32.1 Å². The van der Waals surface area contributed by atoms with Crippen LogP contribution < -0.4 is 0 Å². The Labute approximate surface area is 113 Å². The summed E-state index contributed by atoms with van der Waals surface area (Å²) in [7, 11) is 1.48. The van der Waals surface area contributed by atoms with Crippen LogP contribution in [0.3, 0.4) is 0 Å². The summed E-state index contributed by atoms with van der Waals surface area (Å²) in [5.41, 5.74) is 0. The molecule has 1 aliphatic heterocycles. The Morgan fingerprint density at radius 1 is 1.39 bits per heavy atom. The van der Waals surface area contributed by atoms with Gasteiger partial charge < -0.3 is 4.74 Å². The molecule has 5 nitrogen and oxygen atoms in total. The fraction of sp³-hybridized carbons (Fsp3) is 0.909. The molecule has 0 saturated carbocycles. The van der Waals surface area contributed by atoms with Crippen LogP contribution >= 0.6 is 10.7 Å². The van der Waals surface area contributed by atoms with Gasteiger partial charge in [-0.25, -0.2) is 0 Å². The summed E-state index contributed by atoms with van der Waals surface area (Å²) in [4.78, 5) is 12.0. The minimum atomic E-state index is -3.86. The molecule has 7 heteroatoms. The molecule has 106 valence electrons. The SMILES string of the molecule is CCC(CC)OC(=O)C1CCCCN1S(=O)(=O)Cl. The Morgan fingerprint density at radius 3 is 2.50 bits per heavy atom. The monoisotopic (exact) mass is 297 g/mol. The van der Waals surface area contributed by atoms with Gasteiger partial charge in [0.2, 0.25) is 0 Å². The summed E-state index contributed by atoms with van der Waals surface area (Å²) in [6.45, 7) is 4.14. The fourth-order valence-electron chi connectivity index (χ4n) is 2.10. The molecule has 1 saturated heterocycles. The van der Waals surface area contributed by atoms with Crippen LogP contribution in [-0.2, 0) is 18.8 Å². The Morgan fingerprint density at radius 2 is 2.00 bits per heavy atom. The first-order valence-corrected chi connectivity index (χ1v) is 8.58. The van der Waals surface area contributed by atoms with Crippen molar-refractivity contribution in [1.29, 1.82) is 0 Å². The maximum Gasteiger partial charge on any atom is 0.324 e. The van der Waals surface area contributed by atoms with Crippen LogP contribution in [0.5, 0.6) is 0 Å². The lowest BCUT2D eigenvalue weighted by atomic mass is 10.1. The molecule has 1 heterocycles. The van der Waals surface area contributed by atoms with Crippen LogP contribution in [0.4, 0.5) is 0 Å². The van der Waals surface area contributed by atoms with Gasteiger partial charge in [0.25, 0.3) is 0 Å². The lowest BCUT2D eigenvalue weighted by Gasteiger charge is -2.31. The number of rotatable bonds is 5. The van der Waals surface area contributed by atoms with Crippen LogP contribution in [0, 0.1) is 0 Å². The zero-order chi connectivity index (χ0) is 13.8. The van der Waals surface area contributed by atoms with Gasteiger partial charge in [-0.1, -0.05) is 13.8 Å². The molecule has 1 unspecified atom stereocenters. The lowest BCUT2D eigenvalue weighted by Crippen LogP contribution is -2.47. The Kier molecular flexibility index (Phi) is 5.88. The van der Waals surface area contributed by atoms with Crippen LogP contribution in [0.25, 0.3) is 0 Å². The summed E-state index contributed by atoms with van der Waals surface area (Å²) in [6, 6.07) is -0.762. The van der Waals surface area contributed by atoms with E-state index in [1.54, 1.807) is 0 Å². The average Bonchev–Trinajstić information content (AvgIpc) is 2.34. The second-order valence-electron chi connectivity index (χ2n) is 4.44. The number of halogens is 1. The topological polar surface area (TPSA) is 63.7 Å². The highest BCUT2D eigenvalue weighted by atomic mass is 35.7. The van der Waals surface area contributed by atoms with Crippen molar-refractivity contribution in [3.05, 3.63) is 0 Å². The van der Waals surface area contributed by atoms with Gasteiger partial charge in [-0.15, -0.1) is 0 Å². The molecule has 1 rings (SSSR count). The molecule has 0 spiro atoms. The van der Waals surface area contributed by atoms with Crippen molar-refractivity contribution in [2.75, 3.05) is 6.54 Å². The molecule has 1 aliphatic rings. The standard InChI is InChI=1S/C11H20ClNO4S/c1-3-9(4-2)17-11(14)10-7-5-6-8-13(10)18(12,15)16/h9-10H,3-8H2,1-2H3. The first kappa shape index (κ1) is 15.7. The van der Waals surface area contributed by atoms with E-state index in [1.165, 1.54) is 0 Å². The molecule has 0 bridgehead atoms. The molecule has 1 fully saturated rings. The van der Waals surface area contributed by atoms with E-state index in [1.807, 2.05) is 13.8 Å². The number of carbonyl (C=O) groups is 1. The molecule has 18 heavy (non-hydrogen) atoms. The van der Waals surface area contributed by atoms with Gasteiger partial charge >= 0.3 is 15.2 Å². The molecular formula is C11H20ClNO4S. The Hall–Kier alpha value is -0.330. The number of carbonyl (C=O) groups excluding carboxylic acids is 1. The van der Waals surface area contributed by atoms with E-state index in [9.17, 15) is 13.2 Å². The second kappa shape index (κ2) is 6.73. The lowest BCUT2D eigenvalue weighted by molar-refractivity contribution is -0.155. The highest BCUT2D eigenvalue weighted by Gasteiger charge is 2.37. The smallest absolute Gasteiger partial charge is 0.324 e. The quantitative estimate of drug-likeness (QED) is 0.575. The fourth-order valence-corrected chi connectivity index (χ4v) is 3.44. The van der Waals surface area contributed by atoms with Crippen LogP contribution in [-0.4, -0.2) is 37.4 Å². The zero-order valence-corrected chi connectivity index (χ0v) is 12.3. The van der Waals surface area contributed by atoms with Gasteiger partial charge in [0.05, 0.1) is 0 Å². The van der Waals surface area contributed by atoms with E-state index >= 15 is 0 Å². The summed E-state index contributed by atoms with van der Waals surface area (Å²) >= 11 is 0. The number of nitrogens with zero attached hydrogens (tertiary/aromatic N) is 1. The van der Waals surface area contributed by atoms with Crippen LogP contribution in [0.1, 0.15) is 46.0 Å². The molecule has 0 radical (unpaired) electrons. The predicted molar refractivity (Wildman–Crippen MR) is 69.6 cm³/mol. The Bertz CT molecular complexity index is 381. The van der Waals surface area contributed by atoms with Crippen LogP contribution in [0.15, 0.2) is 0 Å². The largest absolute Gasteiger partial charge is 0.461 e. The van der Waals surface area contributed by atoms with Crippen molar-refractivity contribution in [3.8, 4) is 0 Å². The number of hydrogen-bond donors (Lipinski definition) is 0. The molecule has 0 N–H and O–H groups in total. The van der Waals surface area contributed by atoms with E-state index in [0.717, 1.165) is 30.0 Å². The van der Waals surface area contributed by atoms with Gasteiger partial charge in [-0.2, -0.15) is 12.7 Å². The minimum Gasteiger partial charge on any atom is -0.461 e. The van der Waals surface area contributed by atoms with Crippen molar-refractivity contribution < 1.29 is 17.9 Å². The van der Waals surface area contributed by atoms with E-state index in [0.29, 0.717) is 6.42 Å².